The number of nitrogens with one attached hydrogen (secondary N) is 1. The highest BCUT2D eigenvalue weighted by Crippen LogP contribution is 2.27. The van der Waals surface area contributed by atoms with Gasteiger partial charge >= 0.3 is 0 Å². The Labute approximate surface area is 90.2 Å². The highest BCUT2D eigenvalue weighted by Gasteiger charge is 2.27. The fourth-order valence-electron chi connectivity index (χ4n) is 2.40. The predicted molar refractivity (Wildman–Crippen MR) is 60.4 cm³/mol. The van der Waals surface area contributed by atoms with E-state index >= 15 is 0 Å². The molecule has 1 N–H and O–H groups in total. The van der Waals surface area contributed by atoms with Crippen molar-refractivity contribution in [3.05, 3.63) is 0 Å². The van der Waals surface area contributed by atoms with Crippen molar-refractivity contribution in [3.8, 4) is 0 Å². The molecule has 3 heteroatoms. The second-order valence-corrected chi connectivity index (χ2v) is 5.83. The number of carbonyl (C=O) groups is 1. The highest BCUT2D eigenvalue weighted by molar-refractivity contribution is 7.99. The van der Waals surface area contributed by atoms with Crippen LogP contribution in [-0.2, 0) is 4.79 Å². The molecule has 1 saturated carbocycles. The van der Waals surface area contributed by atoms with Crippen LogP contribution in [0.25, 0.3) is 0 Å². The summed E-state index contributed by atoms with van der Waals surface area (Å²) in [6, 6.07) is 0.475. The van der Waals surface area contributed by atoms with Crippen molar-refractivity contribution in [2.24, 2.45) is 11.8 Å². The fourth-order valence-corrected chi connectivity index (χ4v) is 3.62. The summed E-state index contributed by atoms with van der Waals surface area (Å²) in [6.45, 7) is 2.28. The maximum atomic E-state index is 11.8. The van der Waals surface area contributed by atoms with E-state index in [9.17, 15) is 4.79 Å². The van der Waals surface area contributed by atoms with E-state index in [0.717, 1.165) is 18.1 Å². The van der Waals surface area contributed by atoms with Gasteiger partial charge in [-0.25, -0.2) is 0 Å². The molecular formula is C11H19NOS. The van der Waals surface area contributed by atoms with Gasteiger partial charge in [-0.15, -0.1) is 0 Å². The molecule has 1 amide bonds. The van der Waals surface area contributed by atoms with Gasteiger partial charge in [0.25, 0.3) is 0 Å². The summed E-state index contributed by atoms with van der Waals surface area (Å²) >= 11 is 1.91. The zero-order chi connectivity index (χ0) is 9.97. The van der Waals surface area contributed by atoms with Crippen molar-refractivity contribution in [2.75, 3.05) is 11.5 Å². The molecule has 80 valence electrons. The van der Waals surface area contributed by atoms with Crippen LogP contribution in [0.2, 0.25) is 0 Å². The Morgan fingerprint density at radius 1 is 1.36 bits per heavy atom. The zero-order valence-electron chi connectivity index (χ0n) is 8.79. The fraction of sp³-hybridized carbons (Fsp3) is 0.909. The Kier molecular flexibility index (Phi) is 3.37. The molecule has 1 aliphatic carbocycles. The Balaban J connectivity index is 1.76. The monoisotopic (exact) mass is 213 g/mol. The van der Waals surface area contributed by atoms with Crippen molar-refractivity contribution < 1.29 is 4.79 Å². The second kappa shape index (κ2) is 4.56. The molecule has 0 bridgehead atoms. The van der Waals surface area contributed by atoms with E-state index in [1.807, 2.05) is 11.8 Å². The summed E-state index contributed by atoms with van der Waals surface area (Å²) in [5.74, 6) is 3.62. The minimum atomic E-state index is 0.302. The van der Waals surface area contributed by atoms with Gasteiger partial charge in [-0.3, -0.25) is 4.79 Å². The lowest BCUT2D eigenvalue weighted by molar-refractivity contribution is -0.124. The van der Waals surface area contributed by atoms with Crippen LogP contribution in [0.1, 0.15) is 32.6 Å². The molecule has 1 aliphatic heterocycles. The molecule has 0 aromatic heterocycles. The van der Waals surface area contributed by atoms with Gasteiger partial charge in [0, 0.05) is 17.7 Å². The van der Waals surface area contributed by atoms with Crippen molar-refractivity contribution >= 4 is 17.7 Å². The van der Waals surface area contributed by atoms with Gasteiger partial charge in [0.1, 0.15) is 0 Å². The lowest BCUT2D eigenvalue weighted by atomic mass is 10.1. The van der Waals surface area contributed by atoms with E-state index in [2.05, 4.69) is 12.2 Å². The number of amides is 1. The smallest absolute Gasteiger partial charge is 0.224 e. The maximum Gasteiger partial charge on any atom is 0.224 e. The molecule has 2 nitrogen and oxygen atoms in total. The molecule has 2 rings (SSSR count). The summed E-state index contributed by atoms with van der Waals surface area (Å²) in [6.07, 6.45) is 4.74. The summed E-state index contributed by atoms with van der Waals surface area (Å²) < 4.78 is 0. The molecule has 2 aliphatic rings. The lowest BCUT2D eigenvalue weighted by Gasteiger charge is -2.15. The van der Waals surface area contributed by atoms with Gasteiger partial charge in [-0.1, -0.05) is 6.92 Å². The number of thioether (sulfide) groups is 1. The van der Waals surface area contributed by atoms with E-state index in [1.165, 1.54) is 25.0 Å². The SMILES string of the molecule is CC1CCC(NC(=O)C2CCSC2)C1. The van der Waals surface area contributed by atoms with Gasteiger partial charge in [0.2, 0.25) is 5.91 Å². The van der Waals surface area contributed by atoms with E-state index < -0.39 is 0 Å². The van der Waals surface area contributed by atoms with Crippen LogP contribution in [0.3, 0.4) is 0 Å². The molecule has 0 aromatic rings. The van der Waals surface area contributed by atoms with Crippen LogP contribution in [0.4, 0.5) is 0 Å². The van der Waals surface area contributed by atoms with Crippen molar-refractivity contribution in [2.45, 2.75) is 38.6 Å². The van der Waals surface area contributed by atoms with Gasteiger partial charge in [0.05, 0.1) is 0 Å². The predicted octanol–water partition coefficient (Wildman–Crippen LogP) is 2.04. The number of carbonyl (C=O) groups excluding carboxylic acids is 1. The average Bonchev–Trinajstić information content (AvgIpc) is 2.75. The Hall–Kier alpha value is -0.180. The van der Waals surface area contributed by atoms with Crippen LogP contribution in [-0.4, -0.2) is 23.5 Å². The van der Waals surface area contributed by atoms with E-state index in [1.54, 1.807) is 0 Å². The van der Waals surface area contributed by atoms with Crippen molar-refractivity contribution in [1.29, 1.82) is 0 Å². The maximum absolute atomic E-state index is 11.8. The van der Waals surface area contributed by atoms with E-state index in [4.69, 9.17) is 0 Å². The van der Waals surface area contributed by atoms with Crippen LogP contribution in [0.15, 0.2) is 0 Å². The Morgan fingerprint density at radius 3 is 2.79 bits per heavy atom. The topological polar surface area (TPSA) is 29.1 Å². The summed E-state index contributed by atoms with van der Waals surface area (Å²) in [5, 5.41) is 3.20. The largest absolute Gasteiger partial charge is 0.353 e. The van der Waals surface area contributed by atoms with Crippen molar-refractivity contribution in [1.82, 2.24) is 5.32 Å². The first-order valence-corrected chi connectivity index (χ1v) is 6.79. The molecule has 2 fully saturated rings. The van der Waals surface area contributed by atoms with E-state index in [0.29, 0.717) is 17.9 Å². The first-order valence-electron chi connectivity index (χ1n) is 5.64. The molecular weight excluding hydrogens is 194 g/mol. The molecule has 14 heavy (non-hydrogen) atoms. The normalized spacial score (nSPS) is 37.4. The minimum absolute atomic E-state index is 0.302. The molecule has 3 unspecified atom stereocenters. The minimum Gasteiger partial charge on any atom is -0.353 e. The van der Waals surface area contributed by atoms with Gasteiger partial charge in [0.15, 0.2) is 0 Å². The number of hydrogen-bond donors (Lipinski definition) is 1. The Bertz CT molecular complexity index is 213. The number of hydrogen-bond acceptors (Lipinski definition) is 2. The van der Waals surface area contributed by atoms with Crippen LogP contribution < -0.4 is 5.32 Å². The van der Waals surface area contributed by atoms with Crippen LogP contribution >= 0.6 is 11.8 Å². The third-order valence-corrected chi connectivity index (χ3v) is 4.50. The van der Waals surface area contributed by atoms with Gasteiger partial charge in [-0.2, -0.15) is 11.8 Å². The molecule has 3 atom stereocenters. The van der Waals surface area contributed by atoms with E-state index in [-0.39, 0.29) is 0 Å². The third kappa shape index (κ3) is 2.44. The Morgan fingerprint density at radius 2 is 2.21 bits per heavy atom. The number of rotatable bonds is 2. The molecule has 0 aromatic carbocycles. The highest BCUT2D eigenvalue weighted by atomic mass is 32.2. The second-order valence-electron chi connectivity index (χ2n) is 4.68. The van der Waals surface area contributed by atoms with Crippen LogP contribution in [0, 0.1) is 11.8 Å². The third-order valence-electron chi connectivity index (χ3n) is 3.34. The van der Waals surface area contributed by atoms with Crippen LogP contribution in [0.5, 0.6) is 0 Å². The standard InChI is InChI=1S/C11H19NOS/c1-8-2-3-10(6-8)12-11(13)9-4-5-14-7-9/h8-10H,2-7H2,1H3,(H,12,13). The molecule has 0 spiro atoms. The molecule has 1 saturated heterocycles. The summed E-state index contributed by atoms with van der Waals surface area (Å²) in [5.41, 5.74) is 0. The average molecular weight is 213 g/mol. The summed E-state index contributed by atoms with van der Waals surface area (Å²) in [4.78, 5) is 11.8. The lowest BCUT2D eigenvalue weighted by Crippen LogP contribution is -2.37. The molecule has 1 heterocycles. The quantitative estimate of drug-likeness (QED) is 0.760. The zero-order valence-corrected chi connectivity index (χ0v) is 9.61. The van der Waals surface area contributed by atoms with Gasteiger partial charge < -0.3 is 5.32 Å². The van der Waals surface area contributed by atoms with Gasteiger partial charge in [-0.05, 0) is 37.4 Å². The summed E-state index contributed by atoms with van der Waals surface area (Å²) in [7, 11) is 0. The first-order chi connectivity index (χ1) is 6.75. The van der Waals surface area contributed by atoms with Crippen molar-refractivity contribution in [3.63, 3.8) is 0 Å². The first kappa shape index (κ1) is 10.3. The molecule has 0 radical (unpaired) electrons.